The van der Waals surface area contributed by atoms with E-state index in [1.165, 1.54) is 4.90 Å². The van der Waals surface area contributed by atoms with Gasteiger partial charge in [0.1, 0.15) is 5.82 Å². The van der Waals surface area contributed by atoms with Gasteiger partial charge in [-0.25, -0.2) is 0 Å². The van der Waals surface area contributed by atoms with Crippen molar-refractivity contribution in [2.45, 2.75) is 13.0 Å². The summed E-state index contributed by atoms with van der Waals surface area (Å²) in [5.74, 6) is 0.451. The number of aliphatic hydroxyl groups excluding tert-OH is 1. The van der Waals surface area contributed by atoms with Gasteiger partial charge in [-0.2, -0.15) is 0 Å². The van der Waals surface area contributed by atoms with Crippen molar-refractivity contribution in [3.05, 3.63) is 17.8 Å². The Morgan fingerprint density at radius 1 is 1.37 bits per heavy atom. The van der Waals surface area contributed by atoms with Crippen LogP contribution in [0.1, 0.15) is 17.4 Å². The van der Waals surface area contributed by atoms with Crippen LogP contribution < -0.4 is 10.6 Å². The molecule has 0 aromatic carbocycles. The number of nitrogens with zero attached hydrogens (tertiary/aromatic N) is 3. The number of aliphatic hydroxyl groups is 1. The summed E-state index contributed by atoms with van der Waals surface area (Å²) in [6.45, 7) is 3.67. The zero-order chi connectivity index (χ0) is 14.3. The second-order valence-corrected chi connectivity index (χ2v) is 4.48. The molecule has 0 bridgehead atoms. The number of carbonyl (C=O) groups is 1. The minimum atomic E-state index is -0.351. The molecule has 0 spiro atoms. The van der Waals surface area contributed by atoms with E-state index in [9.17, 15) is 4.79 Å². The first kappa shape index (κ1) is 15.3. The predicted octanol–water partition coefficient (Wildman–Crippen LogP) is -0.439. The molecule has 0 radical (unpaired) electrons. The largest absolute Gasteiger partial charge is 0.392 e. The van der Waals surface area contributed by atoms with Crippen LogP contribution in [0.25, 0.3) is 0 Å². The molecule has 19 heavy (non-hydrogen) atoms. The van der Waals surface area contributed by atoms with Gasteiger partial charge in [0.15, 0.2) is 5.69 Å². The van der Waals surface area contributed by atoms with E-state index in [1.54, 1.807) is 33.2 Å². The van der Waals surface area contributed by atoms with Gasteiger partial charge in [0, 0.05) is 33.7 Å². The van der Waals surface area contributed by atoms with Crippen molar-refractivity contribution in [3.8, 4) is 0 Å². The molecule has 1 aromatic rings. The second kappa shape index (κ2) is 7.65. The van der Waals surface area contributed by atoms with Crippen molar-refractivity contribution in [1.29, 1.82) is 0 Å². The Bertz CT molecular complexity index is 392. The van der Waals surface area contributed by atoms with Gasteiger partial charge in [0.2, 0.25) is 0 Å². The van der Waals surface area contributed by atoms with Gasteiger partial charge in [-0.1, -0.05) is 0 Å². The highest BCUT2D eigenvalue weighted by atomic mass is 16.3. The van der Waals surface area contributed by atoms with Crippen molar-refractivity contribution in [1.82, 2.24) is 20.4 Å². The number of aromatic nitrogens is 2. The maximum absolute atomic E-state index is 11.6. The molecular weight excluding hydrogens is 246 g/mol. The van der Waals surface area contributed by atoms with E-state index in [0.717, 1.165) is 0 Å². The van der Waals surface area contributed by atoms with Crippen molar-refractivity contribution in [3.63, 3.8) is 0 Å². The van der Waals surface area contributed by atoms with Crippen molar-refractivity contribution < 1.29 is 9.90 Å². The third kappa shape index (κ3) is 5.62. The Balaban J connectivity index is 2.34. The highest BCUT2D eigenvalue weighted by Crippen LogP contribution is 2.02. The van der Waals surface area contributed by atoms with E-state index in [0.29, 0.717) is 31.1 Å². The van der Waals surface area contributed by atoms with Crippen molar-refractivity contribution in [2.24, 2.45) is 0 Å². The van der Waals surface area contributed by atoms with Crippen LogP contribution in [0.4, 0.5) is 5.82 Å². The third-order valence-electron chi connectivity index (χ3n) is 2.34. The molecule has 0 saturated carbocycles. The van der Waals surface area contributed by atoms with Crippen LogP contribution in [0.15, 0.2) is 12.1 Å². The monoisotopic (exact) mass is 267 g/mol. The Kier molecular flexibility index (Phi) is 6.17. The summed E-state index contributed by atoms with van der Waals surface area (Å²) < 4.78 is 0. The number of carbonyl (C=O) groups excluding carboxylic acids is 1. The summed E-state index contributed by atoms with van der Waals surface area (Å²) in [5.41, 5.74) is 0.322. The Morgan fingerprint density at radius 2 is 2.11 bits per heavy atom. The van der Waals surface area contributed by atoms with Gasteiger partial charge >= 0.3 is 0 Å². The third-order valence-corrected chi connectivity index (χ3v) is 2.34. The zero-order valence-corrected chi connectivity index (χ0v) is 11.6. The van der Waals surface area contributed by atoms with Gasteiger partial charge in [-0.15, -0.1) is 10.2 Å². The molecule has 0 aliphatic rings. The molecule has 0 fully saturated rings. The van der Waals surface area contributed by atoms with Crippen LogP contribution in [0.2, 0.25) is 0 Å². The average molecular weight is 267 g/mol. The van der Waals surface area contributed by atoms with Crippen LogP contribution in [-0.4, -0.2) is 65.9 Å². The first-order chi connectivity index (χ1) is 9.00. The van der Waals surface area contributed by atoms with Crippen molar-refractivity contribution in [2.75, 3.05) is 39.0 Å². The van der Waals surface area contributed by atoms with Gasteiger partial charge in [0.25, 0.3) is 5.91 Å². The van der Waals surface area contributed by atoms with E-state index in [4.69, 9.17) is 5.11 Å². The number of hydrogen-bond acceptors (Lipinski definition) is 6. The van der Waals surface area contributed by atoms with Crippen molar-refractivity contribution >= 4 is 11.7 Å². The summed E-state index contributed by atoms with van der Waals surface area (Å²) in [7, 11) is 3.34. The number of nitrogens with one attached hydrogen (secondary N) is 2. The van der Waals surface area contributed by atoms with E-state index in [2.05, 4.69) is 20.8 Å². The fourth-order valence-electron chi connectivity index (χ4n) is 1.36. The number of anilines is 1. The van der Waals surface area contributed by atoms with E-state index >= 15 is 0 Å². The van der Waals surface area contributed by atoms with E-state index < -0.39 is 0 Å². The van der Waals surface area contributed by atoms with E-state index in [1.807, 2.05) is 0 Å². The standard InChI is InChI=1S/C12H21N5O2/c1-9(18)8-13-6-7-14-11-5-4-10(15-16-11)12(19)17(2)3/h4-5,9,13,18H,6-8H2,1-3H3,(H,14,16). The second-order valence-electron chi connectivity index (χ2n) is 4.48. The quantitative estimate of drug-likeness (QED) is 0.580. The Morgan fingerprint density at radius 3 is 2.63 bits per heavy atom. The minimum absolute atomic E-state index is 0.169. The highest BCUT2D eigenvalue weighted by molar-refractivity contribution is 5.91. The molecule has 0 aliphatic heterocycles. The summed E-state index contributed by atoms with van der Waals surface area (Å²) in [5, 5.41) is 23.0. The first-order valence-corrected chi connectivity index (χ1v) is 6.18. The molecule has 1 unspecified atom stereocenters. The summed E-state index contributed by atoms with van der Waals surface area (Å²) in [6, 6.07) is 3.36. The lowest BCUT2D eigenvalue weighted by atomic mass is 10.3. The fraction of sp³-hybridized carbons (Fsp3) is 0.583. The molecular formula is C12H21N5O2. The highest BCUT2D eigenvalue weighted by Gasteiger charge is 2.09. The molecule has 1 heterocycles. The molecule has 1 amide bonds. The number of rotatable bonds is 7. The zero-order valence-electron chi connectivity index (χ0n) is 11.6. The molecule has 1 atom stereocenters. The van der Waals surface area contributed by atoms with Crippen LogP contribution in [-0.2, 0) is 0 Å². The van der Waals surface area contributed by atoms with Crippen LogP contribution in [0.3, 0.4) is 0 Å². The smallest absolute Gasteiger partial charge is 0.273 e. The summed E-state index contributed by atoms with van der Waals surface area (Å²) in [6.07, 6.45) is -0.351. The average Bonchev–Trinajstić information content (AvgIpc) is 2.37. The molecule has 3 N–H and O–H groups in total. The minimum Gasteiger partial charge on any atom is -0.392 e. The number of amides is 1. The molecule has 1 rings (SSSR count). The molecule has 0 aliphatic carbocycles. The van der Waals surface area contributed by atoms with Crippen LogP contribution >= 0.6 is 0 Å². The molecule has 7 heteroatoms. The van der Waals surface area contributed by atoms with Gasteiger partial charge in [-0.05, 0) is 19.1 Å². The number of hydrogen-bond donors (Lipinski definition) is 3. The molecule has 7 nitrogen and oxygen atoms in total. The first-order valence-electron chi connectivity index (χ1n) is 6.18. The van der Waals surface area contributed by atoms with Gasteiger partial charge in [0.05, 0.1) is 6.10 Å². The van der Waals surface area contributed by atoms with E-state index in [-0.39, 0.29) is 12.0 Å². The fourth-order valence-corrected chi connectivity index (χ4v) is 1.36. The Labute approximate surface area is 113 Å². The lowest BCUT2D eigenvalue weighted by Gasteiger charge is -2.10. The molecule has 0 saturated heterocycles. The maximum Gasteiger partial charge on any atom is 0.273 e. The lowest BCUT2D eigenvalue weighted by molar-refractivity contribution is 0.0821. The summed E-state index contributed by atoms with van der Waals surface area (Å²) >= 11 is 0. The van der Waals surface area contributed by atoms with Gasteiger partial charge < -0.3 is 20.6 Å². The summed E-state index contributed by atoms with van der Waals surface area (Å²) in [4.78, 5) is 13.0. The topological polar surface area (TPSA) is 90.4 Å². The molecule has 1 aromatic heterocycles. The van der Waals surface area contributed by atoms with Crippen LogP contribution in [0.5, 0.6) is 0 Å². The normalized spacial score (nSPS) is 12.0. The lowest BCUT2D eigenvalue weighted by Crippen LogP contribution is -2.29. The Hall–Kier alpha value is -1.73. The molecule has 106 valence electrons. The van der Waals surface area contributed by atoms with Gasteiger partial charge in [-0.3, -0.25) is 4.79 Å². The SMILES string of the molecule is CC(O)CNCCNc1ccc(C(=O)N(C)C)nn1. The van der Waals surface area contributed by atoms with Crippen LogP contribution in [0, 0.1) is 0 Å². The predicted molar refractivity (Wildman–Crippen MR) is 73.1 cm³/mol. The maximum atomic E-state index is 11.6.